The van der Waals surface area contributed by atoms with E-state index in [1.54, 1.807) is 0 Å². The maximum absolute atomic E-state index is 11.0. The van der Waals surface area contributed by atoms with E-state index >= 15 is 0 Å². The van der Waals surface area contributed by atoms with E-state index in [1.165, 1.54) is 27.9 Å². The van der Waals surface area contributed by atoms with Gasteiger partial charge in [-0.05, 0) is 66.6 Å². The number of carboxylic acid groups (broad SMARTS) is 1. The Balaban J connectivity index is 1.54. The number of hydrogen-bond acceptors (Lipinski definition) is 3. The molecule has 0 aliphatic heterocycles. The third kappa shape index (κ3) is 3.35. The first-order valence-electron chi connectivity index (χ1n) is 7.81. The van der Waals surface area contributed by atoms with Crippen LogP contribution < -0.4 is 5.32 Å². The molecule has 2 saturated carbocycles. The van der Waals surface area contributed by atoms with E-state index < -0.39 is 5.97 Å². The van der Waals surface area contributed by atoms with Crippen LogP contribution in [0.15, 0.2) is 15.9 Å². The number of rotatable bonds is 5. The van der Waals surface area contributed by atoms with Gasteiger partial charge in [0.2, 0.25) is 0 Å². The Morgan fingerprint density at radius 3 is 2.52 bits per heavy atom. The van der Waals surface area contributed by atoms with Crippen molar-refractivity contribution in [2.24, 2.45) is 5.92 Å². The fourth-order valence-electron chi connectivity index (χ4n) is 3.60. The number of carboxylic acids is 1. The van der Waals surface area contributed by atoms with Gasteiger partial charge in [0.25, 0.3) is 0 Å². The SMILES string of the molecule is O=C(O)C1CCC(NCC2(c3ccc(Br)s3)CCC2)CC1. The Morgan fingerprint density at radius 2 is 2.05 bits per heavy atom. The lowest BCUT2D eigenvalue weighted by Gasteiger charge is -2.43. The first-order valence-corrected chi connectivity index (χ1v) is 9.42. The monoisotopic (exact) mass is 371 g/mol. The summed E-state index contributed by atoms with van der Waals surface area (Å²) in [7, 11) is 0. The van der Waals surface area contributed by atoms with Crippen molar-refractivity contribution < 1.29 is 9.90 Å². The van der Waals surface area contributed by atoms with E-state index in [1.807, 2.05) is 11.3 Å². The molecule has 1 aromatic rings. The van der Waals surface area contributed by atoms with E-state index in [0.29, 0.717) is 11.5 Å². The second-order valence-corrected chi connectivity index (χ2v) is 8.97. The molecule has 0 unspecified atom stereocenters. The fourth-order valence-corrected chi connectivity index (χ4v) is 5.23. The predicted octanol–water partition coefficient (Wildman–Crippen LogP) is 4.17. The molecular formula is C16H22BrNO2S. The lowest BCUT2D eigenvalue weighted by atomic mass is 9.67. The van der Waals surface area contributed by atoms with Crippen LogP contribution in [0.1, 0.15) is 49.8 Å². The van der Waals surface area contributed by atoms with Crippen LogP contribution in [-0.2, 0) is 10.2 Å². The quantitative estimate of drug-likeness (QED) is 0.816. The Hall–Kier alpha value is -0.390. The van der Waals surface area contributed by atoms with Crippen LogP contribution in [0, 0.1) is 5.92 Å². The maximum atomic E-state index is 11.0. The van der Waals surface area contributed by atoms with Gasteiger partial charge in [0.15, 0.2) is 0 Å². The molecule has 2 N–H and O–H groups in total. The molecule has 21 heavy (non-hydrogen) atoms. The lowest BCUT2D eigenvalue weighted by Crippen LogP contribution is -2.47. The zero-order valence-corrected chi connectivity index (χ0v) is 14.5. The molecule has 0 spiro atoms. The highest BCUT2D eigenvalue weighted by Gasteiger charge is 2.40. The largest absolute Gasteiger partial charge is 0.481 e. The maximum Gasteiger partial charge on any atom is 0.306 e. The standard InChI is InChI=1S/C16H22BrNO2S/c17-14-7-6-13(21-14)16(8-1-9-16)10-18-12-4-2-11(3-5-12)15(19)20/h6-7,11-12,18H,1-5,8-10H2,(H,19,20). The molecule has 0 atom stereocenters. The Kier molecular flexibility index (Phi) is 4.71. The summed E-state index contributed by atoms with van der Waals surface area (Å²) in [5, 5.41) is 12.8. The normalized spacial score (nSPS) is 28.0. The molecule has 0 amide bonds. The average molecular weight is 372 g/mol. The van der Waals surface area contributed by atoms with Gasteiger partial charge in [-0.3, -0.25) is 4.79 Å². The van der Waals surface area contributed by atoms with Crippen LogP contribution in [0.2, 0.25) is 0 Å². The summed E-state index contributed by atoms with van der Waals surface area (Å²) in [5.74, 6) is -0.735. The van der Waals surface area contributed by atoms with E-state index in [-0.39, 0.29) is 5.92 Å². The van der Waals surface area contributed by atoms with Crippen molar-refractivity contribution >= 4 is 33.2 Å². The summed E-state index contributed by atoms with van der Waals surface area (Å²) in [6, 6.07) is 4.91. The van der Waals surface area contributed by atoms with Crippen molar-refractivity contribution in [1.82, 2.24) is 5.32 Å². The van der Waals surface area contributed by atoms with Gasteiger partial charge < -0.3 is 10.4 Å². The van der Waals surface area contributed by atoms with E-state index in [9.17, 15) is 4.79 Å². The molecule has 1 aromatic heterocycles. The van der Waals surface area contributed by atoms with Crippen LogP contribution in [0.5, 0.6) is 0 Å². The van der Waals surface area contributed by atoms with Gasteiger partial charge in [-0.2, -0.15) is 0 Å². The molecule has 0 saturated heterocycles. The summed E-state index contributed by atoms with van der Waals surface area (Å²) in [4.78, 5) is 12.5. The highest BCUT2D eigenvalue weighted by molar-refractivity contribution is 9.11. The van der Waals surface area contributed by atoms with Crippen molar-refractivity contribution in [3.05, 3.63) is 20.8 Å². The Labute approximate surface area is 138 Å². The molecule has 2 fully saturated rings. The zero-order chi connectivity index (χ0) is 14.9. The van der Waals surface area contributed by atoms with Crippen molar-refractivity contribution in [3.8, 4) is 0 Å². The molecule has 0 radical (unpaired) electrons. The first kappa shape index (κ1) is 15.5. The van der Waals surface area contributed by atoms with E-state index in [4.69, 9.17) is 5.11 Å². The molecule has 1 heterocycles. The van der Waals surface area contributed by atoms with Gasteiger partial charge in [0.1, 0.15) is 0 Å². The summed E-state index contributed by atoms with van der Waals surface area (Å²) in [6.45, 7) is 1.04. The first-order chi connectivity index (χ1) is 10.1. The number of nitrogens with one attached hydrogen (secondary N) is 1. The molecule has 116 valence electrons. The number of hydrogen-bond donors (Lipinski definition) is 2. The molecular weight excluding hydrogens is 350 g/mol. The Bertz CT molecular complexity index is 504. The fraction of sp³-hybridized carbons (Fsp3) is 0.688. The highest BCUT2D eigenvalue weighted by atomic mass is 79.9. The van der Waals surface area contributed by atoms with Gasteiger partial charge in [-0.15, -0.1) is 11.3 Å². The molecule has 3 rings (SSSR count). The topological polar surface area (TPSA) is 49.3 Å². The molecule has 0 bridgehead atoms. The van der Waals surface area contributed by atoms with E-state index in [2.05, 4.69) is 33.4 Å². The third-order valence-electron chi connectivity index (χ3n) is 5.21. The second-order valence-electron chi connectivity index (χ2n) is 6.51. The van der Waals surface area contributed by atoms with Gasteiger partial charge in [-0.1, -0.05) is 6.42 Å². The summed E-state index contributed by atoms with van der Waals surface area (Å²) >= 11 is 5.43. The Morgan fingerprint density at radius 1 is 1.33 bits per heavy atom. The molecule has 3 nitrogen and oxygen atoms in total. The highest BCUT2D eigenvalue weighted by Crippen LogP contribution is 2.46. The van der Waals surface area contributed by atoms with Crippen molar-refractivity contribution in [2.75, 3.05) is 6.54 Å². The minimum Gasteiger partial charge on any atom is -0.481 e. The summed E-state index contributed by atoms with van der Waals surface area (Å²) < 4.78 is 1.21. The van der Waals surface area contributed by atoms with Gasteiger partial charge in [0.05, 0.1) is 9.70 Å². The van der Waals surface area contributed by atoms with Crippen molar-refractivity contribution in [2.45, 2.75) is 56.4 Å². The summed E-state index contributed by atoms with van der Waals surface area (Å²) in [5.41, 5.74) is 0.334. The van der Waals surface area contributed by atoms with E-state index in [0.717, 1.165) is 32.2 Å². The minimum absolute atomic E-state index is 0.117. The smallest absolute Gasteiger partial charge is 0.306 e. The van der Waals surface area contributed by atoms with Gasteiger partial charge in [0, 0.05) is 22.9 Å². The molecule has 5 heteroatoms. The predicted molar refractivity (Wildman–Crippen MR) is 88.9 cm³/mol. The van der Waals surface area contributed by atoms with Crippen molar-refractivity contribution in [3.63, 3.8) is 0 Å². The summed E-state index contributed by atoms with van der Waals surface area (Å²) in [6.07, 6.45) is 7.52. The number of halogens is 1. The minimum atomic E-state index is -0.618. The molecule has 0 aromatic carbocycles. The number of carbonyl (C=O) groups is 1. The van der Waals surface area contributed by atoms with Gasteiger partial charge >= 0.3 is 5.97 Å². The van der Waals surface area contributed by atoms with Crippen molar-refractivity contribution in [1.29, 1.82) is 0 Å². The average Bonchev–Trinajstić information content (AvgIpc) is 2.85. The van der Waals surface area contributed by atoms with Crippen LogP contribution in [0.25, 0.3) is 0 Å². The lowest BCUT2D eigenvalue weighted by molar-refractivity contribution is -0.142. The number of aliphatic carboxylic acids is 1. The van der Waals surface area contributed by atoms with Crippen LogP contribution in [-0.4, -0.2) is 23.7 Å². The molecule has 2 aliphatic carbocycles. The molecule has 2 aliphatic rings. The number of thiophene rings is 1. The van der Waals surface area contributed by atoms with Crippen LogP contribution >= 0.6 is 27.3 Å². The third-order valence-corrected chi connectivity index (χ3v) is 7.08. The van der Waals surface area contributed by atoms with Gasteiger partial charge in [-0.25, -0.2) is 0 Å². The van der Waals surface area contributed by atoms with Crippen LogP contribution in [0.3, 0.4) is 0 Å². The second kappa shape index (κ2) is 6.39. The van der Waals surface area contributed by atoms with Crippen LogP contribution in [0.4, 0.5) is 0 Å². The zero-order valence-electron chi connectivity index (χ0n) is 12.1.